The minimum Gasteiger partial charge on any atom is -0.481 e. The fourth-order valence-corrected chi connectivity index (χ4v) is 1.97. The highest BCUT2D eigenvalue weighted by molar-refractivity contribution is 5.97. The number of carbonyl (C=O) groups is 2. The van der Waals surface area contributed by atoms with Crippen LogP contribution in [0, 0.1) is 17.0 Å². The van der Waals surface area contributed by atoms with Crippen molar-refractivity contribution in [3.05, 3.63) is 21.5 Å². The third-order valence-electron chi connectivity index (χ3n) is 3.00. The summed E-state index contributed by atoms with van der Waals surface area (Å²) in [7, 11) is 1.44. The van der Waals surface area contributed by atoms with Gasteiger partial charge in [0.15, 0.2) is 0 Å². The number of aromatic nitrogens is 2. The first kappa shape index (κ1) is 16.6. The number of nitro groups is 1. The summed E-state index contributed by atoms with van der Waals surface area (Å²) in [5.74, 6) is -1.63. The Hall–Kier alpha value is -2.45. The van der Waals surface area contributed by atoms with Crippen molar-refractivity contribution >= 4 is 17.6 Å². The molecule has 0 aromatic carbocycles. The molecule has 21 heavy (non-hydrogen) atoms. The minimum absolute atomic E-state index is 0.111. The second kappa shape index (κ2) is 5.90. The highest BCUT2D eigenvalue weighted by atomic mass is 16.6. The quantitative estimate of drug-likeness (QED) is 0.596. The second-order valence-electron chi connectivity index (χ2n) is 5.40. The van der Waals surface area contributed by atoms with Crippen LogP contribution >= 0.6 is 0 Å². The number of carboxylic acids is 1. The zero-order chi connectivity index (χ0) is 16.4. The van der Waals surface area contributed by atoms with Crippen molar-refractivity contribution in [1.29, 1.82) is 0 Å². The number of rotatable bonds is 6. The molecule has 9 heteroatoms. The molecule has 0 spiro atoms. The van der Waals surface area contributed by atoms with E-state index in [0.29, 0.717) is 0 Å². The van der Waals surface area contributed by atoms with E-state index in [1.165, 1.54) is 14.0 Å². The lowest BCUT2D eigenvalue weighted by atomic mass is 9.98. The summed E-state index contributed by atoms with van der Waals surface area (Å²) in [6, 6.07) is 0. The fraction of sp³-hybridized carbons (Fsp3) is 0.583. The number of hydrogen-bond acceptors (Lipinski definition) is 5. The monoisotopic (exact) mass is 298 g/mol. The Kier molecular flexibility index (Phi) is 4.66. The predicted octanol–water partition coefficient (Wildman–Crippen LogP) is 1.01. The van der Waals surface area contributed by atoms with Crippen LogP contribution in [0.3, 0.4) is 0 Å². The summed E-state index contributed by atoms with van der Waals surface area (Å²) < 4.78 is 1.15. The SMILES string of the molecule is Cc1nn(C)c(C(=O)NC(C)(C)CCC(=O)O)c1[N+](=O)[O-]. The molecular formula is C12H18N4O5. The molecule has 1 rings (SSSR count). The van der Waals surface area contributed by atoms with Gasteiger partial charge in [-0.25, -0.2) is 0 Å². The molecule has 1 amide bonds. The Bertz CT molecular complexity index is 591. The summed E-state index contributed by atoms with van der Waals surface area (Å²) in [5, 5.41) is 26.2. The minimum atomic E-state index is -0.973. The molecule has 9 nitrogen and oxygen atoms in total. The van der Waals surface area contributed by atoms with Gasteiger partial charge in [-0.15, -0.1) is 0 Å². The Balaban J connectivity index is 3.00. The van der Waals surface area contributed by atoms with Crippen molar-refractivity contribution in [3.63, 3.8) is 0 Å². The van der Waals surface area contributed by atoms with Gasteiger partial charge in [0.2, 0.25) is 5.69 Å². The molecular weight excluding hydrogens is 280 g/mol. The lowest BCUT2D eigenvalue weighted by Crippen LogP contribution is -2.44. The van der Waals surface area contributed by atoms with Gasteiger partial charge in [-0.3, -0.25) is 24.4 Å². The first-order valence-electron chi connectivity index (χ1n) is 6.27. The van der Waals surface area contributed by atoms with E-state index < -0.39 is 22.3 Å². The number of hydrogen-bond donors (Lipinski definition) is 2. The molecule has 0 aliphatic heterocycles. The number of nitrogens with zero attached hydrogens (tertiary/aromatic N) is 3. The fourth-order valence-electron chi connectivity index (χ4n) is 1.97. The first-order chi connectivity index (χ1) is 9.55. The summed E-state index contributed by atoms with van der Waals surface area (Å²) in [4.78, 5) is 33.2. The van der Waals surface area contributed by atoms with E-state index in [1.54, 1.807) is 13.8 Å². The Morgan fingerprint density at radius 3 is 2.52 bits per heavy atom. The molecule has 0 saturated carbocycles. The molecule has 0 saturated heterocycles. The molecule has 0 bridgehead atoms. The van der Waals surface area contributed by atoms with E-state index in [4.69, 9.17) is 5.11 Å². The van der Waals surface area contributed by atoms with E-state index in [2.05, 4.69) is 10.4 Å². The van der Waals surface area contributed by atoms with E-state index >= 15 is 0 Å². The molecule has 0 aliphatic rings. The normalized spacial score (nSPS) is 11.2. The molecule has 0 fully saturated rings. The Morgan fingerprint density at radius 2 is 2.05 bits per heavy atom. The van der Waals surface area contributed by atoms with Crippen LogP contribution in [0.1, 0.15) is 42.9 Å². The van der Waals surface area contributed by atoms with Crippen LogP contribution in [0.25, 0.3) is 0 Å². The van der Waals surface area contributed by atoms with Crippen molar-refractivity contribution in [3.8, 4) is 0 Å². The predicted molar refractivity (Wildman–Crippen MR) is 73.0 cm³/mol. The maximum Gasteiger partial charge on any atom is 0.322 e. The summed E-state index contributed by atoms with van der Waals surface area (Å²) >= 11 is 0. The topological polar surface area (TPSA) is 127 Å². The summed E-state index contributed by atoms with van der Waals surface area (Å²) in [6.07, 6.45) is 0.0957. The Labute approximate surface area is 121 Å². The molecule has 0 unspecified atom stereocenters. The van der Waals surface area contributed by atoms with Gasteiger partial charge in [0.1, 0.15) is 5.69 Å². The van der Waals surface area contributed by atoms with E-state index in [0.717, 1.165) is 4.68 Å². The van der Waals surface area contributed by atoms with Crippen LogP contribution in [0.15, 0.2) is 0 Å². The van der Waals surface area contributed by atoms with E-state index in [-0.39, 0.29) is 29.9 Å². The first-order valence-corrected chi connectivity index (χ1v) is 6.27. The van der Waals surface area contributed by atoms with E-state index in [1.807, 2.05) is 0 Å². The number of aryl methyl sites for hydroxylation is 2. The van der Waals surface area contributed by atoms with Gasteiger partial charge in [-0.2, -0.15) is 5.10 Å². The van der Waals surface area contributed by atoms with Crippen molar-refractivity contribution in [1.82, 2.24) is 15.1 Å². The van der Waals surface area contributed by atoms with Crippen LogP contribution < -0.4 is 5.32 Å². The Morgan fingerprint density at radius 1 is 1.48 bits per heavy atom. The smallest absolute Gasteiger partial charge is 0.322 e. The molecule has 1 aromatic heterocycles. The standard InChI is InChI=1S/C12H18N4O5/c1-7-9(16(20)21)10(15(4)14-7)11(19)13-12(2,3)6-5-8(17)18/h5-6H2,1-4H3,(H,13,19)(H,17,18). The molecule has 1 heterocycles. The number of carbonyl (C=O) groups excluding carboxylic acids is 1. The highest BCUT2D eigenvalue weighted by Crippen LogP contribution is 2.23. The van der Waals surface area contributed by atoms with E-state index in [9.17, 15) is 19.7 Å². The van der Waals surface area contributed by atoms with Gasteiger partial charge in [-0.1, -0.05) is 0 Å². The molecule has 0 aliphatic carbocycles. The van der Waals surface area contributed by atoms with Crippen molar-refractivity contribution < 1.29 is 19.6 Å². The van der Waals surface area contributed by atoms with Crippen molar-refractivity contribution in [2.75, 3.05) is 0 Å². The van der Waals surface area contributed by atoms with Crippen molar-refractivity contribution in [2.45, 2.75) is 39.2 Å². The highest BCUT2D eigenvalue weighted by Gasteiger charge is 2.32. The molecule has 0 atom stereocenters. The van der Waals surface area contributed by atoms with Crippen LogP contribution in [0.4, 0.5) is 5.69 Å². The third-order valence-corrected chi connectivity index (χ3v) is 3.00. The zero-order valence-corrected chi connectivity index (χ0v) is 12.3. The maximum atomic E-state index is 12.2. The van der Waals surface area contributed by atoms with Crippen molar-refractivity contribution in [2.24, 2.45) is 7.05 Å². The van der Waals surface area contributed by atoms with Crippen LogP contribution in [0.5, 0.6) is 0 Å². The average molecular weight is 298 g/mol. The maximum absolute atomic E-state index is 12.2. The lowest BCUT2D eigenvalue weighted by molar-refractivity contribution is -0.385. The lowest BCUT2D eigenvalue weighted by Gasteiger charge is -2.25. The second-order valence-corrected chi connectivity index (χ2v) is 5.40. The van der Waals surface area contributed by atoms with Gasteiger partial charge in [0.25, 0.3) is 5.91 Å². The van der Waals surface area contributed by atoms with Gasteiger partial charge in [-0.05, 0) is 27.2 Å². The summed E-state index contributed by atoms with van der Waals surface area (Å²) in [6.45, 7) is 4.76. The van der Waals surface area contributed by atoms with Crippen LogP contribution in [-0.4, -0.2) is 37.2 Å². The third kappa shape index (κ3) is 4.01. The molecule has 116 valence electrons. The van der Waals surface area contributed by atoms with Crippen LogP contribution in [0.2, 0.25) is 0 Å². The number of aliphatic carboxylic acids is 1. The number of nitrogens with one attached hydrogen (secondary N) is 1. The zero-order valence-electron chi connectivity index (χ0n) is 12.3. The molecule has 2 N–H and O–H groups in total. The largest absolute Gasteiger partial charge is 0.481 e. The van der Waals surface area contributed by atoms with Gasteiger partial charge in [0.05, 0.1) is 4.92 Å². The van der Waals surface area contributed by atoms with Gasteiger partial charge >= 0.3 is 11.7 Å². The summed E-state index contributed by atoms with van der Waals surface area (Å²) in [5.41, 5.74) is -1.15. The average Bonchev–Trinajstić information content (AvgIpc) is 2.61. The van der Waals surface area contributed by atoms with Gasteiger partial charge < -0.3 is 10.4 Å². The number of carboxylic acid groups (broad SMARTS) is 1. The molecule has 1 aromatic rings. The number of amides is 1. The van der Waals surface area contributed by atoms with Crippen LogP contribution in [-0.2, 0) is 11.8 Å². The van der Waals surface area contributed by atoms with Gasteiger partial charge in [0, 0.05) is 19.0 Å². The molecule has 0 radical (unpaired) electrons.